The summed E-state index contributed by atoms with van der Waals surface area (Å²) in [4.78, 5) is 23.5. The minimum atomic E-state index is -3.18. The van der Waals surface area contributed by atoms with Crippen LogP contribution in [0.4, 0.5) is 0 Å². The van der Waals surface area contributed by atoms with Gasteiger partial charge in [-0.05, 0) is 70.1 Å². The van der Waals surface area contributed by atoms with Gasteiger partial charge < -0.3 is 0 Å². The molecule has 0 bridgehead atoms. The van der Waals surface area contributed by atoms with Crippen LogP contribution >= 0.6 is 11.6 Å². The number of halogens is 1. The monoisotopic (exact) mass is 443 g/mol. The first-order chi connectivity index (χ1) is 13.4. The average Bonchev–Trinajstić information content (AvgIpc) is 2.60. The molecule has 29 heavy (non-hydrogen) atoms. The van der Waals surface area contributed by atoms with Gasteiger partial charge in [-0.2, -0.15) is 0 Å². The van der Waals surface area contributed by atoms with Gasteiger partial charge in [-0.15, -0.1) is 0 Å². The summed E-state index contributed by atoms with van der Waals surface area (Å²) in [6.45, 7) is 4.82. The fraction of sp³-hybridized carbons (Fsp3) is 0.667. The highest BCUT2D eigenvalue weighted by atomic mass is 35.5. The van der Waals surface area contributed by atoms with Crippen molar-refractivity contribution < 1.29 is 18.1 Å². The van der Waals surface area contributed by atoms with Crippen molar-refractivity contribution in [2.24, 2.45) is 11.8 Å². The van der Waals surface area contributed by atoms with Gasteiger partial charge in [-0.1, -0.05) is 23.7 Å². The lowest BCUT2D eigenvalue weighted by molar-refractivity contribution is -0.483. The number of sulfone groups is 1. The number of hydrogen-bond acceptors (Lipinski definition) is 5. The molecule has 1 aromatic carbocycles. The smallest absolute Gasteiger partial charge is 0.211 e. The van der Waals surface area contributed by atoms with Crippen molar-refractivity contribution >= 4 is 27.2 Å². The molecule has 0 heterocycles. The van der Waals surface area contributed by atoms with Gasteiger partial charge in [0.1, 0.15) is 5.78 Å². The summed E-state index contributed by atoms with van der Waals surface area (Å²) in [5.74, 6) is -0.406. The molecule has 1 unspecified atom stereocenters. The molecule has 1 saturated carbocycles. The largest absolute Gasteiger partial charge is 0.299 e. The summed E-state index contributed by atoms with van der Waals surface area (Å²) in [5, 5.41) is 11.6. The zero-order chi connectivity index (χ0) is 21.8. The Morgan fingerprint density at radius 1 is 1.24 bits per heavy atom. The number of nitrogens with zero attached hydrogens (tertiary/aromatic N) is 1. The third-order valence-corrected chi connectivity index (χ3v) is 8.84. The first-order valence-electron chi connectivity index (χ1n) is 10.0. The van der Waals surface area contributed by atoms with Crippen LogP contribution in [0, 0.1) is 22.0 Å². The summed E-state index contributed by atoms with van der Waals surface area (Å²) in [6.07, 6.45) is 2.79. The summed E-state index contributed by atoms with van der Waals surface area (Å²) < 4.78 is 24.1. The molecule has 0 amide bonds. The molecular weight excluding hydrogens is 414 g/mol. The predicted molar refractivity (Wildman–Crippen MR) is 115 cm³/mol. The van der Waals surface area contributed by atoms with Crippen LogP contribution in [0.2, 0.25) is 5.02 Å². The van der Waals surface area contributed by atoms with Gasteiger partial charge in [0, 0.05) is 22.3 Å². The number of carbonyl (C=O) groups excluding carboxylic acids is 1. The Kier molecular flexibility index (Phi) is 7.85. The second kappa shape index (κ2) is 9.56. The Bertz CT molecular complexity index is 839. The highest BCUT2D eigenvalue weighted by Crippen LogP contribution is 2.34. The predicted octanol–water partition coefficient (Wildman–Crippen LogP) is 4.68. The zero-order valence-electron chi connectivity index (χ0n) is 17.3. The molecule has 1 fully saturated rings. The van der Waals surface area contributed by atoms with Crippen molar-refractivity contribution in [3.8, 4) is 0 Å². The maximum Gasteiger partial charge on any atom is 0.211 e. The van der Waals surface area contributed by atoms with Crippen molar-refractivity contribution in [1.29, 1.82) is 0 Å². The molecule has 0 aromatic heterocycles. The maximum absolute atomic E-state index is 12.8. The summed E-state index contributed by atoms with van der Waals surface area (Å²) in [7, 11) is -3.18. The maximum atomic E-state index is 12.8. The molecule has 0 spiro atoms. The van der Waals surface area contributed by atoms with Gasteiger partial charge in [0.2, 0.25) is 6.54 Å². The van der Waals surface area contributed by atoms with Crippen LogP contribution in [-0.4, -0.2) is 36.2 Å². The van der Waals surface area contributed by atoms with Crippen molar-refractivity contribution in [2.45, 2.75) is 63.5 Å². The fourth-order valence-electron chi connectivity index (χ4n) is 3.85. The van der Waals surface area contributed by atoms with Crippen LogP contribution in [0.25, 0.3) is 0 Å². The van der Waals surface area contributed by atoms with Crippen molar-refractivity contribution in [2.75, 3.05) is 12.3 Å². The van der Waals surface area contributed by atoms with E-state index in [0.717, 1.165) is 0 Å². The minimum Gasteiger partial charge on any atom is -0.299 e. The highest BCUT2D eigenvalue weighted by molar-refractivity contribution is 7.92. The van der Waals surface area contributed by atoms with Crippen molar-refractivity contribution in [3.63, 3.8) is 0 Å². The highest BCUT2D eigenvalue weighted by Gasteiger charge is 2.35. The fourth-order valence-corrected chi connectivity index (χ4v) is 5.50. The van der Waals surface area contributed by atoms with Crippen LogP contribution < -0.4 is 0 Å². The van der Waals surface area contributed by atoms with Gasteiger partial charge >= 0.3 is 0 Å². The topological polar surface area (TPSA) is 94.3 Å². The number of hydrogen-bond donors (Lipinski definition) is 0. The third-order valence-electron chi connectivity index (χ3n) is 5.83. The van der Waals surface area contributed by atoms with Crippen molar-refractivity contribution in [3.05, 3.63) is 45.0 Å². The van der Waals surface area contributed by atoms with E-state index in [1.807, 2.05) is 0 Å². The van der Waals surface area contributed by atoms with Crippen LogP contribution in [0.3, 0.4) is 0 Å². The molecule has 0 aliphatic heterocycles. The average molecular weight is 444 g/mol. The summed E-state index contributed by atoms with van der Waals surface area (Å²) in [5.41, 5.74) is 0.701. The Labute approximate surface area is 178 Å². The first kappa shape index (κ1) is 23.8. The molecular formula is C21H30ClNO5S. The van der Waals surface area contributed by atoms with E-state index < -0.39 is 25.4 Å². The summed E-state index contributed by atoms with van der Waals surface area (Å²) >= 11 is 6.01. The molecule has 0 radical (unpaired) electrons. The van der Waals surface area contributed by atoms with Gasteiger partial charge in [0.25, 0.3) is 0 Å². The van der Waals surface area contributed by atoms with Crippen molar-refractivity contribution in [1.82, 2.24) is 0 Å². The SMILES string of the molecule is CC(C)(C)S(=O)(=O)CC1CCC(C(=O)CC(C[N+](=O)[O-])c2cccc(Cl)c2)CC1. The standard InChI is InChI=1S/C21H30ClNO5S/c1-21(2,3)29(27,28)14-15-7-9-16(10-8-15)20(24)12-18(13-23(25)26)17-5-4-6-19(22)11-17/h4-6,11,15-16,18H,7-10,12-14H2,1-3H3. The van der Waals surface area contributed by atoms with Crippen LogP contribution in [0.5, 0.6) is 0 Å². The first-order valence-corrected chi connectivity index (χ1v) is 12.0. The number of Topliss-reactive ketones (excluding diaryl/α,β-unsaturated/α-hetero) is 1. The number of rotatable bonds is 8. The second-order valence-corrected chi connectivity index (χ2v) is 12.3. The Morgan fingerprint density at radius 3 is 2.38 bits per heavy atom. The third kappa shape index (κ3) is 6.78. The van der Waals surface area contributed by atoms with Crippen LogP contribution in [0.15, 0.2) is 24.3 Å². The van der Waals surface area contributed by atoms with E-state index in [4.69, 9.17) is 11.6 Å². The number of carbonyl (C=O) groups is 1. The molecule has 2 rings (SSSR count). The van der Waals surface area contributed by atoms with E-state index in [2.05, 4.69) is 0 Å². The van der Waals surface area contributed by atoms with E-state index in [0.29, 0.717) is 36.3 Å². The molecule has 8 heteroatoms. The van der Waals surface area contributed by atoms with E-state index in [-0.39, 0.29) is 36.3 Å². The molecule has 0 N–H and O–H groups in total. The van der Waals surface area contributed by atoms with E-state index in [1.54, 1.807) is 45.0 Å². The molecule has 0 saturated heterocycles. The Hall–Kier alpha value is -1.47. The molecule has 1 aromatic rings. The lowest BCUT2D eigenvalue weighted by Gasteiger charge is -2.30. The Balaban J connectivity index is 1.97. The minimum absolute atomic E-state index is 0.0222. The number of ketones is 1. The zero-order valence-corrected chi connectivity index (χ0v) is 18.8. The van der Waals surface area contributed by atoms with Gasteiger partial charge in [0.05, 0.1) is 16.4 Å². The molecule has 1 atom stereocenters. The Morgan fingerprint density at radius 2 is 1.86 bits per heavy atom. The number of nitro groups is 1. The van der Waals surface area contributed by atoms with E-state index in [9.17, 15) is 23.3 Å². The van der Waals surface area contributed by atoms with E-state index >= 15 is 0 Å². The molecule has 1 aliphatic carbocycles. The number of benzene rings is 1. The molecule has 1 aliphatic rings. The quantitative estimate of drug-likeness (QED) is 0.429. The molecule has 162 valence electrons. The lowest BCUT2D eigenvalue weighted by atomic mass is 9.78. The van der Waals surface area contributed by atoms with E-state index in [1.165, 1.54) is 0 Å². The second-order valence-electron chi connectivity index (χ2n) is 9.05. The van der Waals surface area contributed by atoms with Gasteiger partial charge in [-0.25, -0.2) is 8.42 Å². The molecule has 6 nitrogen and oxygen atoms in total. The normalized spacial score (nSPS) is 21.5. The van der Waals surface area contributed by atoms with Gasteiger partial charge in [-0.3, -0.25) is 14.9 Å². The van der Waals surface area contributed by atoms with Gasteiger partial charge in [0.15, 0.2) is 9.84 Å². The van der Waals surface area contributed by atoms with Crippen LogP contribution in [-0.2, 0) is 14.6 Å². The summed E-state index contributed by atoms with van der Waals surface area (Å²) in [6, 6.07) is 6.87. The lowest BCUT2D eigenvalue weighted by Crippen LogP contribution is -2.35. The van der Waals surface area contributed by atoms with Crippen LogP contribution in [0.1, 0.15) is 64.4 Å².